The van der Waals surface area contributed by atoms with Crippen LogP contribution in [0.4, 0.5) is 4.39 Å². The molecule has 1 aromatic carbocycles. The zero-order valence-corrected chi connectivity index (χ0v) is 12.1. The Morgan fingerprint density at radius 1 is 1.40 bits per heavy atom. The maximum absolute atomic E-state index is 13.3. The summed E-state index contributed by atoms with van der Waals surface area (Å²) in [5, 5.41) is 8.80. The summed E-state index contributed by atoms with van der Waals surface area (Å²) in [6, 6.07) is 5.18. The molecule has 0 amide bonds. The van der Waals surface area contributed by atoms with Gasteiger partial charge in [0.2, 0.25) is 0 Å². The van der Waals surface area contributed by atoms with Gasteiger partial charge in [0.05, 0.1) is 0 Å². The molecule has 0 saturated carbocycles. The van der Waals surface area contributed by atoms with E-state index in [-0.39, 0.29) is 12.4 Å². The molecule has 1 atom stereocenters. The smallest absolute Gasteiger partial charge is 0.124 e. The van der Waals surface area contributed by atoms with Crippen molar-refractivity contribution in [2.45, 2.75) is 19.5 Å². The van der Waals surface area contributed by atoms with Crippen LogP contribution in [0, 0.1) is 17.7 Å². The molecule has 2 rings (SSSR count). The van der Waals surface area contributed by atoms with Crippen molar-refractivity contribution in [2.24, 2.45) is 0 Å². The molecule has 108 valence electrons. The summed E-state index contributed by atoms with van der Waals surface area (Å²) in [6.45, 7) is 5.85. The van der Waals surface area contributed by atoms with E-state index in [1.807, 2.05) is 0 Å². The first kappa shape index (κ1) is 15.0. The Balaban J connectivity index is 2.16. The van der Waals surface area contributed by atoms with E-state index in [2.05, 4.69) is 35.6 Å². The second-order valence-corrected chi connectivity index (χ2v) is 5.34. The van der Waals surface area contributed by atoms with E-state index < -0.39 is 0 Å². The van der Waals surface area contributed by atoms with Gasteiger partial charge >= 0.3 is 0 Å². The van der Waals surface area contributed by atoms with Crippen molar-refractivity contribution in [1.82, 2.24) is 9.80 Å². The van der Waals surface area contributed by atoms with E-state index in [1.165, 1.54) is 12.1 Å². The first-order valence-corrected chi connectivity index (χ1v) is 6.91. The average molecular weight is 276 g/mol. The van der Waals surface area contributed by atoms with Crippen molar-refractivity contribution in [3.05, 3.63) is 35.1 Å². The molecule has 0 aliphatic carbocycles. The lowest BCUT2D eigenvalue weighted by Gasteiger charge is -2.38. The van der Waals surface area contributed by atoms with Crippen LogP contribution in [0.3, 0.4) is 0 Å². The van der Waals surface area contributed by atoms with E-state index in [9.17, 15) is 4.39 Å². The van der Waals surface area contributed by atoms with Crippen LogP contribution in [0.25, 0.3) is 0 Å². The van der Waals surface area contributed by atoms with Crippen LogP contribution >= 0.6 is 0 Å². The van der Waals surface area contributed by atoms with Gasteiger partial charge in [-0.25, -0.2) is 4.39 Å². The third kappa shape index (κ3) is 3.80. The number of likely N-dealkylation sites (N-methyl/N-ethyl adjacent to an activating group) is 1. The lowest BCUT2D eigenvalue weighted by atomic mass is 10.1. The van der Waals surface area contributed by atoms with Crippen LogP contribution in [0.2, 0.25) is 0 Å². The molecule has 0 radical (unpaired) electrons. The van der Waals surface area contributed by atoms with Gasteiger partial charge in [-0.2, -0.15) is 0 Å². The Bertz CT molecular complexity index is 521. The third-order valence-electron chi connectivity index (χ3n) is 3.72. The molecule has 0 aromatic heterocycles. The molecule has 1 aliphatic rings. The summed E-state index contributed by atoms with van der Waals surface area (Å²) in [7, 11) is 2.13. The lowest BCUT2D eigenvalue weighted by Crippen LogP contribution is -2.49. The Kier molecular flexibility index (Phi) is 5.13. The van der Waals surface area contributed by atoms with Gasteiger partial charge in [0.1, 0.15) is 12.4 Å². The van der Waals surface area contributed by atoms with Gasteiger partial charge in [-0.15, -0.1) is 0 Å². The summed E-state index contributed by atoms with van der Waals surface area (Å²) in [5.41, 5.74) is 1.69. The van der Waals surface area contributed by atoms with Crippen molar-refractivity contribution >= 4 is 0 Å². The number of hydrogen-bond acceptors (Lipinski definition) is 3. The highest BCUT2D eigenvalue weighted by Gasteiger charge is 2.21. The van der Waals surface area contributed by atoms with Gasteiger partial charge < -0.3 is 10.0 Å². The minimum Gasteiger partial charge on any atom is -0.384 e. The Morgan fingerprint density at radius 2 is 2.20 bits per heavy atom. The van der Waals surface area contributed by atoms with Crippen molar-refractivity contribution in [1.29, 1.82) is 0 Å². The van der Waals surface area contributed by atoms with Gasteiger partial charge in [0.25, 0.3) is 0 Å². The number of aliphatic hydroxyl groups excluding tert-OH is 1. The van der Waals surface area contributed by atoms with Gasteiger partial charge in [0, 0.05) is 37.8 Å². The molecule has 1 unspecified atom stereocenters. The van der Waals surface area contributed by atoms with Crippen LogP contribution < -0.4 is 0 Å². The molecule has 3 nitrogen and oxygen atoms in total. The van der Waals surface area contributed by atoms with Crippen LogP contribution in [0.1, 0.15) is 18.1 Å². The fourth-order valence-electron chi connectivity index (χ4n) is 2.57. The third-order valence-corrected chi connectivity index (χ3v) is 3.72. The van der Waals surface area contributed by atoms with E-state index in [4.69, 9.17) is 5.11 Å². The molecular weight excluding hydrogens is 255 g/mol. The maximum atomic E-state index is 13.3. The zero-order valence-electron chi connectivity index (χ0n) is 12.1. The van der Waals surface area contributed by atoms with E-state index in [0.29, 0.717) is 11.6 Å². The Labute approximate surface area is 120 Å². The van der Waals surface area contributed by atoms with Crippen LogP contribution in [-0.4, -0.2) is 54.2 Å². The molecule has 1 aromatic rings. The summed E-state index contributed by atoms with van der Waals surface area (Å²) in [4.78, 5) is 4.70. The number of piperazine rings is 1. The second-order valence-electron chi connectivity index (χ2n) is 5.34. The Hall–Kier alpha value is -1.41. The molecule has 1 aliphatic heterocycles. The summed E-state index contributed by atoms with van der Waals surface area (Å²) in [6.07, 6.45) is 0. The van der Waals surface area contributed by atoms with Crippen LogP contribution in [-0.2, 0) is 6.54 Å². The normalized spacial score (nSPS) is 20.5. The summed E-state index contributed by atoms with van der Waals surface area (Å²) in [5.74, 6) is 5.15. The van der Waals surface area contributed by atoms with Crippen molar-refractivity contribution in [2.75, 3.05) is 33.3 Å². The zero-order chi connectivity index (χ0) is 14.5. The predicted octanol–water partition coefficient (Wildman–Crippen LogP) is 1.31. The van der Waals surface area contributed by atoms with Gasteiger partial charge in [-0.05, 0) is 31.7 Å². The van der Waals surface area contributed by atoms with Crippen molar-refractivity contribution in [3.8, 4) is 11.8 Å². The number of nitrogens with zero attached hydrogens (tertiary/aromatic N) is 2. The first-order chi connectivity index (χ1) is 9.60. The molecule has 1 heterocycles. The molecule has 1 N–H and O–H groups in total. The lowest BCUT2D eigenvalue weighted by molar-refractivity contribution is 0.0937. The average Bonchev–Trinajstić information content (AvgIpc) is 2.41. The minimum absolute atomic E-state index is 0.207. The monoisotopic (exact) mass is 276 g/mol. The van der Waals surface area contributed by atoms with Crippen molar-refractivity contribution < 1.29 is 9.50 Å². The Morgan fingerprint density at radius 3 is 2.90 bits per heavy atom. The molecule has 1 fully saturated rings. The highest BCUT2D eigenvalue weighted by Crippen LogP contribution is 2.17. The quantitative estimate of drug-likeness (QED) is 0.825. The number of hydrogen-bond donors (Lipinski definition) is 1. The molecule has 1 saturated heterocycles. The molecule has 4 heteroatoms. The largest absolute Gasteiger partial charge is 0.384 e. The van der Waals surface area contributed by atoms with Crippen molar-refractivity contribution in [3.63, 3.8) is 0 Å². The summed E-state index contributed by atoms with van der Waals surface area (Å²) < 4.78 is 13.3. The maximum Gasteiger partial charge on any atom is 0.124 e. The standard InChI is InChI=1S/C16H21FN2O/c1-13-11-18(2)7-8-19(13)12-15-5-6-16(17)10-14(15)4-3-9-20/h5-6,10,13,20H,7-9,11-12H2,1-2H3. The predicted molar refractivity (Wildman–Crippen MR) is 77.7 cm³/mol. The molecular formula is C16H21FN2O. The fourth-order valence-corrected chi connectivity index (χ4v) is 2.57. The molecule has 0 bridgehead atoms. The molecule has 20 heavy (non-hydrogen) atoms. The highest BCUT2D eigenvalue weighted by atomic mass is 19.1. The highest BCUT2D eigenvalue weighted by molar-refractivity contribution is 5.41. The first-order valence-electron chi connectivity index (χ1n) is 6.91. The van der Waals surface area contributed by atoms with Gasteiger partial charge in [-0.1, -0.05) is 17.9 Å². The topological polar surface area (TPSA) is 26.7 Å². The van der Waals surface area contributed by atoms with E-state index >= 15 is 0 Å². The fraction of sp³-hybridized carbons (Fsp3) is 0.500. The van der Waals surface area contributed by atoms with Crippen LogP contribution in [0.5, 0.6) is 0 Å². The minimum atomic E-state index is -0.289. The van der Waals surface area contributed by atoms with E-state index in [0.717, 1.165) is 31.7 Å². The number of halogens is 1. The summed E-state index contributed by atoms with van der Waals surface area (Å²) >= 11 is 0. The number of benzene rings is 1. The van der Waals surface area contributed by atoms with Crippen LogP contribution in [0.15, 0.2) is 18.2 Å². The van der Waals surface area contributed by atoms with Gasteiger partial charge in [0.15, 0.2) is 0 Å². The SMILES string of the molecule is CC1CN(C)CCN1Cc1ccc(F)cc1C#CCO. The second kappa shape index (κ2) is 6.85. The van der Waals surface area contributed by atoms with E-state index in [1.54, 1.807) is 6.07 Å². The number of rotatable bonds is 2. The number of aliphatic hydroxyl groups is 1. The van der Waals surface area contributed by atoms with Gasteiger partial charge in [-0.3, -0.25) is 4.90 Å². The molecule has 0 spiro atoms.